The summed E-state index contributed by atoms with van der Waals surface area (Å²) in [6.07, 6.45) is 4.58. The first-order valence-electron chi connectivity index (χ1n) is 10.1. The van der Waals surface area contributed by atoms with Crippen molar-refractivity contribution in [3.8, 4) is 0 Å². The Morgan fingerprint density at radius 3 is 2.38 bits per heavy atom. The summed E-state index contributed by atoms with van der Waals surface area (Å²) in [5.41, 5.74) is 2.29. The Balaban J connectivity index is 1.48. The van der Waals surface area contributed by atoms with Gasteiger partial charge >= 0.3 is 0 Å². The first kappa shape index (κ1) is 17.7. The van der Waals surface area contributed by atoms with Crippen LogP contribution >= 0.6 is 0 Å². The first-order valence-corrected chi connectivity index (χ1v) is 10.1. The lowest BCUT2D eigenvalue weighted by molar-refractivity contribution is 0.115. The van der Waals surface area contributed by atoms with E-state index in [1.807, 2.05) is 10.9 Å². The quantitative estimate of drug-likeness (QED) is 0.845. The molecule has 2 aromatic rings. The lowest BCUT2D eigenvalue weighted by Gasteiger charge is -2.42. The van der Waals surface area contributed by atoms with Gasteiger partial charge in [-0.15, -0.1) is 0 Å². The number of likely N-dealkylation sites (tertiary alicyclic amines) is 1. The third kappa shape index (κ3) is 3.32. The summed E-state index contributed by atoms with van der Waals surface area (Å²) in [7, 11) is 2.24. The molecule has 0 spiro atoms. The molecule has 0 atom stereocenters. The van der Waals surface area contributed by atoms with Crippen LogP contribution in [0.5, 0.6) is 0 Å². The monoisotopic (exact) mass is 356 g/mol. The van der Waals surface area contributed by atoms with Gasteiger partial charge in [0.05, 0.1) is 6.20 Å². The summed E-state index contributed by atoms with van der Waals surface area (Å²) in [6.45, 7) is 13.4. The fraction of sp³-hybridized carbons (Fsp3) is 0.700. The molecular weight excluding hydrogens is 324 g/mol. The number of pyridine rings is 1. The summed E-state index contributed by atoms with van der Waals surface area (Å²) in [6, 6.07) is 3.34. The van der Waals surface area contributed by atoms with E-state index in [2.05, 4.69) is 53.7 Å². The van der Waals surface area contributed by atoms with Crippen LogP contribution in [-0.2, 0) is 0 Å². The van der Waals surface area contributed by atoms with Gasteiger partial charge in [-0.2, -0.15) is 5.10 Å². The minimum atomic E-state index is 0.330. The molecule has 0 unspecified atom stereocenters. The molecule has 2 aliphatic rings. The van der Waals surface area contributed by atoms with Crippen molar-refractivity contribution in [3.63, 3.8) is 0 Å². The van der Waals surface area contributed by atoms with Crippen molar-refractivity contribution in [2.24, 2.45) is 0 Å². The summed E-state index contributed by atoms with van der Waals surface area (Å²) < 4.78 is 2.04. The lowest BCUT2D eigenvalue weighted by atomic mass is 10.0. The molecule has 2 aromatic heterocycles. The third-order valence-electron chi connectivity index (χ3n) is 6.09. The number of aryl methyl sites for hydroxylation is 1. The molecule has 0 amide bonds. The van der Waals surface area contributed by atoms with Crippen molar-refractivity contribution < 1.29 is 0 Å². The standard InChI is InChI=1S/C20H32N6/c1-15(2)26-20-18(14-21-26)16(3)13-19(22-20)25-11-9-24(10-12-25)17-5-7-23(4)8-6-17/h13-15,17H,5-12H2,1-4H3. The molecular formula is C20H32N6. The second-order valence-corrected chi connectivity index (χ2v) is 8.27. The van der Waals surface area contributed by atoms with Crippen LogP contribution in [0.2, 0.25) is 0 Å². The Morgan fingerprint density at radius 1 is 1.04 bits per heavy atom. The molecule has 0 aliphatic carbocycles. The third-order valence-corrected chi connectivity index (χ3v) is 6.09. The van der Waals surface area contributed by atoms with E-state index in [1.165, 1.54) is 36.9 Å². The van der Waals surface area contributed by atoms with Gasteiger partial charge in [0.15, 0.2) is 5.65 Å². The molecule has 2 saturated heterocycles. The zero-order valence-corrected chi connectivity index (χ0v) is 16.6. The normalized spacial score (nSPS) is 21.2. The van der Waals surface area contributed by atoms with Crippen LogP contribution < -0.4 is 4.90 Å². The van der Waals surface area contributed by atoms with Crippen molar-refractivity contribution >= 4 is 16.9 Å². The van der Waals surface area contributed by atoms with Gasteiger partial charge in [0.2, 0.25) is 0 Å². The molecule has 0 saturated carbocycles. The van der Waals surface area contributed by atoms with Crippen LogP contribution in [0.15, 0.2) is 12.3 Å². The largest absolute Gasteiger partial charge is 0.354 e. The van der Waals surface area contributed by atoms with Crippen LogP contribution in [0, 0.1) is 6.92 Å². The SMILES string of the molecule is Cc1cc(N2CCN(C3CCN(C)CC3)CC2)nc2c1cnn2C(C)C. The van der Waals surface area contributed by atoms with Crippen molar-refractivity contribution in [3.05, 3.63) is 17.8 Å². The molecule has 0 radical (unpaired) electrons. The molecule has 0 aromatic carbocycles. The maximum Gasteiger partial charge on any atom is 0.160 e. The zero-order chi connectivity index (χ0) is 18.3. The predicted octanol–water partition coefficient (Wildman–Crippen LogP) is 2.54. The van der Waals surface area contributed by atoms with E-state index in [0.717, 1.165) is 43.7 Å². The van der Waals surface area contributed by atoms with E-state index >= 15 is 0 Å². The Kier molecular flexibility index (Phi) is 4.88. The molecule has 0 N–H and O–H groups in total. The first-order chi connectivity index (χ1) is 12.5. The Morgan fingerprint density at radius 2 is 1.73 bits per heavy atom. The number of hydrogen-bond acceptors (Lipinski definition) is 5. The van der Waals surface area contributed by atoms with Gasteiger partial charge in [-0.1, -0.05) is 0 Å². The smallest absolute Gasteiger partial charge is 0.160 e. The molecule has 26 heavy (non-hydrogen) atoms. The Hall–Kier alpha value is -1.66. The fourth-order valence-electron chi connectivity index (χ4n) is 4.37. The molecule has 4 rings (SSSR count). The maximum absolute atomic E-state index is 4.99. The van der Waals surface area contributed by atoms with Gasteiger partial charge in [-0.05, 0) is 65.4 Å². The van der Waals surface area contributed by atoms with Crippen molar-refractivity contribution in [1.29, 1.82) is 0 Å². The van der Waals surface area contributed by atoms with E-state index in [-0.39, 0.29) is 0 Å². The number of fused-ring (bicyclic) bond motifs is 1. The van der Waals surface area contributed by atoms with Crippen LogP contribution in [-0.4, -0.2) is 76.9 Å². The molecule has 2 fully saturated rings. The van der Waals surface area contributed by atoms with Gasteiger partial charge in [0.25, 0.3) is 0 Å². The molecule has 4 heterocycles. The summed E-state index contributed by atoms with van der Waals surface area (Å²) in [5.74, 6) is 1.11. The zero-order valence-electron chi connectivity index (χ0n) is 16.6. The topological polar surface area (TPSA) is 40.4 Å². The van der Waals surface area contributed by atoms with Crippen LogP contribution in [0.3, 0.4) is 0 Å². The Labute approximate surface area is 156 Å². The van der Waals surface area contributed by atoms with Gasteiger partial charge in [0.1, 0.15) is 5.82 Å². The van der Waals surface area contributed by atoms with Crippen LogP contribution in [0.1, 0.15) is 38.3 Å². The number of hydrogen-bond donors (Lipinski definition) is 0. The number of piperidine rings is 1. The maximum atomic E-state index is 4.99. The van der Waals surface area contributed by atoms with E-state index in [9.17, 15) is 0 Å². The van der Waals surface area contributed by atoms with Gasteiger partial charge in [-0.3, -0.25) is 4.90 Å². The number of rotatable bonds is 3. The molecule has 142 valence electrons. The number of anilines is 1. The van der Waals surface area contributed by atoms with Gasteiger partial charge < -0.3 is 9.80 Å². The number of piperazine rings is 1. The summed E-state index contributed by atoms with van der Waals surface area (Å²) in [5, 5.41) is 5.72. The van der Waals surface area contributed by atoms with Gasteiger partial charge in [-0.25, -0.2) is 9.67 Å². The minimum absolute atomic E-state index is 0.330. The highest BCUT2D eigenvalue weighted by atomic mass is 15.3. The molecule has 2 aliphatic heterocycles. The highest BCUT2D eigenvalue weighted by Crippen LogP contribution is 2.26. The van der Waals surface area contributed by atoms with E-state index in [1.54, 1.807) is 0 Å². The highest BCUT2D eigenvalue weighted by molar-refractivity contribution is 5.80. The second-order valence-electron chi connectivity index (χ2n) is 8.27. The van der Waals surface area contributed by atoms with Crippen molar-refractivity contribution in [1.82, 2.24) is 24.6 Å². The van der Waals surface area contributed by atoms with E-state index < -0.39 is 0 Å². The summed E-state index contributed by atoms with van der Waals surface area (Å²) >= 11 is 0. The second kappa shape index (κ2) is 7.16. The number of aromatic nitrogens is 3. The summed E-state index contributed by atoms with van der Waals surface area (Å²) in [4.78, 5) is 12.6. The fourth-order valence-corrected chi connectivity index (χ4v) is 4.37. The van der Waals surface area contributed by atoms with Crippen molar-refractivity contribution in [2.45, 2.75) is 45.7 Å². The molecule has 6 heteroatoms. The highest BCUT2D eigenvalue weighted by Gasteiger charge is 2.27. The molecule has 6 nitrogen and oxygen atoms in total. The lowest BCUT2D eigenvalue weighted by Crippen LogP contribution is -2.53. The number of nitrogens with zero attached hydrogens (tertiary/aromatic N) is 6. The minimum Gasteiger partial charge on any atom is -0.354 e. The van der Waals surface area contributed by atoms with Crippen LogP contribution in [0.4, 0.5) is 5.82 Å². The van der Waals surface area contributed by atoms with E-state index in [0.29, 0.717) is 6.04 Å². The predicted molar refractivity (Wildman–Crippen MR) is 107 cm³/mol. The Bertz CT molecular complexity index is 751. The average molecular weight is 357 g/mol. The molecule has 0 bridgehead atoms. The van der Waals surface area contributed by atoms with E-state index in [4.69, 9.17) is 4.98 Å². The van der Waals surface area contributed by atoms with Gasteiger partial charge in [0, 0.05) is 43.6 Å². The van der Waals surface area contributed by atoms with Crippen molar-refractivity contribution in [2.75, 3.05) is 51.2 Å². The average Bonchev–Trinajstić information content (AvgIpc) is 3.07. The van der Waals surface area contributed by atoms with Crippen LogP contribution in [0.25, 0.3) is 11.0 Å².